The maximum atomic E-state index is 13.7. The highest BCUT2D eigenvalue weighted by molar-refractivity contribution is 5.91. The molecule has 0 saturated heterocycles. The molecular weight excluding hydrogens is 879 g/mol. The second-order valence-electron chi connectivity index (χ2n) is 19.7. The molecule has 0 amide bonds. The Morgan fingerprint density at radius 1 is 0.522 bits per heavy atom. The fourth-order valence-corrected chi connectivity index (χ4v) is 8.46. The Kier molecular flexibility index (Phi) is 36.4. The first kappa shape index (κ1) is 63.1. The second-order valence-corrected chi connectivity index (χ2v) is 19.7. The highest BCUT2D eigenvalue weighted by atomic mass is 16.6. The number of nitrogens with zero attached hydrogens (tertiary/aromatic N) is 1. The van der Waals surface area contributed by atoms with Crippen molar-refractivity contribution in [3.05, 3.63) is 17.7 Å². The van der Waals surface area contributed by atoms with Gasteiger partial charge in [-0.1, -0.05) is 156 Å². The average molecular weight is 976 g/mol. The van der Waals surface area contributed by atoms with Crippen molar-refractivity contribution in [3.63, 3.8) is 0 Å². The zero-order valence-corrected chi connectivity index (χ0v) is 45.0. The van der Waals surface area contributed by atoms with E-state index in [9.17, 15) is 24.0 Å². The minimum Gasteiger partial charge on any atom is -0.493 e. The lowest BCUT2D eigenvalue weighted by molar-refractivity contribution is -0.171. The molecule has 398 valence electrons. The number of ether oxygens (including phenoxy) is 7. The third-order valence-corrected chi connectivity index (χ3v) is 12.6. The van der Waals surface area contributed by atoms with Gasteiger partial charge in [-0.3, -0.25) is 19.2 Å². The van der Waals surface area contributed by atoms with Gasteiger partial charge in [0.25, 0.3) is 0 Å². The van der Waals surface area contributed by atoms with Crippen molar-refractivity contribution in [3.8, 4) is 17.2 Å². The molecule has 0 aliphatic heterocycles. The fraction of sp³-hybridized carbons (Fsp3) is 0.804. The molecule has 0 spiro atoms. The van der Waals surface area contributed by atoms with E-state index < -0.39 is 48.3 Å². The minimum absolute atomic E-state index is 0.0560. The summed E-state index contributed by atoms with van der Waals surface area (Å²) >= 11 is 0. The quantitative estimate of drug-likeness (QED) is 0.0264. The molecule has 0 aliphatic carbocycles. The van der Waals surface area contributed by atoms with Crippen molar-refractivity contribution in [2.24, 2.45) is 11.8 Å². The maximum Gasteiger partial charge on any atom is 0.338 e. The SMILES string of the molecule is CCCCCCCCC(CCCCCC)COC(=O)CC(C)(CC(=O)OCC(CCCCCC)CCCCCCCC)OC(=O)CCC(=O)Oc1c(OC)cc(C(=O)OCCCN(C)C)cc1OC. The zero-order chi connectivity index (χ0) is 51.1. The predicted octanol–water partition coefficient (Wildman–Crippen LogP) is 13.3. The molecule has 1 aromatic carbocycles. The molecule has 2 unspecified atom stereocenters. The Morgan fingerprint density at radius 3 is 1.32 bits per heavy atom. The molecule has 1 rings (SSSR count). The first-order valence-corrected chi connectivity index (χ1v) is 27.1. The van der Waals surface area contributed by atoms with Crippen molar-refractivity contribution in [2.75, 3.05) is 54.7 Å². The van der Waals surface area contributed by atoms with E-state index in [-0.39, 0.29) is 67.3 Å². The van der Waals surface area contributed by atoms with Gasteiger partial charge < -0.3 is 38.1 Å². The first-order chi connectivity index (χ1) is 33.2. The molecule has 0 aromatic heterocycles. The number of carbonyl (C=O) groups excluding carboxylic acids is 5. The predicted molar refractivity (Wildman–Crippen MR) is 274 cm³/mol. The zero-order valence-electron chi connectivity index (χ0n) is 45.0. The minimum atomic E-state index is -1.59. The summed E-state index contributed by atoms with van der Waals surface area (Å²) in [5.74, 6) is -2.81. The van der Waals surface area contributed by atoms with Crippen LogP contribution in [0.15, 0.2) is 12.1 Å². The van der Waals surface area contributed by atoms with Crippen molar-refractivity contribution in [1.82, 2.24) is 4.90 Å². The summed E-state index contributed by atoms with van der Waals surface area (Å²) < 4.78 is 39.7. The van der Waals surface area contributed by atoms with Crippen LogP contribution in [0.4, 0.5) is 0 Å². The lowest BCUT2D eigenvalue weighted by atomic mass is 9.94. The fourth-order valence-electron chi connectivity index (χ4n) is 8.46. The Labute approximate surface area is 418 Å². The number of benzene rings is 1. The smallest absolute Gasteiger partial charge is 0.338 e. The molecule has 13 heteroatoms. The highest BCUT2D eigenvalue weighted by Crippen LogP contribution is 2.39. The monoisotopic (exact) mass is 976 g/mol. The summed E-state index contributed by atoms with van der Waals surface area (Å²) in [6.07, 6.45) is 26.4. The second kappa shape index (κ2) is 39.8. The third-order valence-electron chi connectivity index (χ3n) is 12.6. The van der Waals surface area contributed by atoms with E-state index in [1.54, 1.807) is 6.92 Å². The van der Waals surface area contributed by atoms with E-state index in [0.717, 1.165) is 96.4 Å². The van der Waals surface area contributed by atoms with Crippen molar-refractivity contribution < 1.29 is 57.1 Å². The van der Waals surface area contributed by atoms with Crippen LogP contribution in [0.3, 0.4) is 0 Å². The van der Waals surface area contributed by atoms with Gasteiger partial charge in [0, 0.05) is 6.54 Å². The number of carbonyl (C=O) groups is 5. The third kappa shape index (κ3) is 31.2. The molecule has 69 heavy (non-hydrogen) atoms. The molecule has 0 radical (unpaired) electrons. The van der Waals surface area contributed by atoms with E-state index in [1.807, 2.05) is 19.0 Å². The van der Waals surface area contributed by atoms with Gasteiger partial charge in [-0.15, -0.1) is 0 Å². The Hall–Kier alpha value is -3.87. The number of esters is 5. The molecule has 2 atom stereocenters. The van der Waals surface area contributed by atoms with Crippen LogP contribution in [-0.4, -0.2) is 95.0 Å². The van der Waals surface area contributed by atoms with Crippen LogP contribution in [0.5, 0.6) is 17.2 Å². The Morgan fingerprint density at radius 2 is 0.913 bits per heavy atom. The summed E-state index contributed by atoms with van der Waals surface area (Å²) in [7, 11) is 6.59. The van der Waals surface area contributed by atoms with Gasteiger partial charge >= 0.3 is 29.8 Å². The molecule has 0 N–H and O–H groups in total. The van der Waals surface area contributed by atoms with E-state index >= 15 is 0 Å². The molecule has 0 fully saturated rings. The van der Waals surface area contributed by atoms with Crippen LogP contribution >= 0.6 is 0 Å². The van der Waals surface area contributed by atoms with Crippen molar-refractivity contribution >= 4 is 29.8 Å². The summed E-state index contributed by atoms with van der Waals surface area (Å²) in [4.78, 5) is 68.9. The van der Waals surface area contributed by atoms with Crippen LogP contribution in [0.2, 0.25) is 0 Å². The number of unbranched alkanes of at least 4 members (excludes halogenated alkanes) is 16. The lowest BCUT2D eigenvalue weighted by Crippen LogP contribution is -2.38. The van der Waals surface area contributed by atoms with Crippen molar-refractivity contribution in [2.45, 2.75) is 226 Å². The van der Waals surface area contributed by atoms with Gasteiger partial charge in [-0.05, 0) is 77.1 Å². The molecule has 0 aliphatic rings. The van der Waals surface area contributed by atoms with Crippen LogP contribution in [0, 0.1) is 11.8 Å². The summed E-state index contributed by atoms with van der Waals surface area (Å²) in [5, 5.41) is 0. The largest absolute Gasteiger partial charge is 0.493 e. The average Bonchev–Trinajstić information content (AvgIpc) is 3.32. The Balaban J connectivity index is 3.17. The Bertz CT molecular complexity index is 1470. The molecule has 0 bridgehead atoms. The van der Waals surface area contributed by atoms with Gasteiger partial charge in [-0.25, -0.2) is 4.79 Å². The number of rotatable bonds is 44. The van der Waals surface area contributed by atoms with E-state index in [1.165, 1.54) is 90.6 Å². The van der Waals surface area contributed by atoms with Gasteiger partial charge in [0.2, 0.25) is 5.75 Å². The number of methoxy groups -OCH3 is 2. The van der Waals surface area contributed by atoms with Crippen LogP contribution in [0.1, 0.15) is 231 Å². The molecular formula is C56H97NO12. The van der Waals surface area contributed by atoms with Gasteiger partial charge in [0.15, 0.2) is 11.5 Å². The highest BCUT2D eigenvalue weighted by Gasteiger charge is 2.37. The molecule has 13 nitrogen and oxygen atoms in total. The van der Waals surface area contributed by atoms with Crippen molar-refractivity contribution in [1.29, 1.82) is 0 Å². The summed E-state index contributed by atoms with van der Waals surface area (Å²) in [6, 6.07) is 2.79. The van der Waals surface area contributed by atoms with Crippen LogP contribution in [0.25, 0.3) is 0 Å². The topological polar surface area (TPSA) is 153 Å². The normalized spacial score (nSPS) is 13.0. The first-order valence-electron chi connectivity index (χ1n) is 27.1. The molecule has 0 heterocycles. The standard InChI is InChI=1S/C56H97NO12/c1-10-14-18-22-24-28-33-45(31-26-20-16-12-3)43-66-52(60)41-56(5,42-53(61)67-44-46(32-27-21-17-13-4)34-29-25-23-19-15-11-2)69-51(59)36-35-50(58)68-54-48(63-8)39-47(40-49(54)64-9)55(62)65-38-30-37-57(6)7/h39-40,45-46H,10-38,41-44H2,1-9H3. The van der Waals surface area contributed by atoms with Crippen LogP contribution in [-0.2, 0) is 38.1 Å². The maximum absolute atomic E-state index is 13.7. The van der Waals surface area contributed by atoms with Gasteiger partial charge in [0.1, 0.15) is 5.60 Å². The number of hydrogen-bond acceptors (Lipinski definition) is 13. The summed E-state index contributed by atoms with van der Waals surface area (Å²) in [5.41, 5.74) is -1.45. The summed E-state index contributed by atoms with van der Waals surface area (Å²) in [6.45, 7) is 11.9. The van der Waals surface area contributed by atoms with Gasteiger partial charge in [0.05, 0.1) is 65.3 Å². The lowest BCUT2D eigenvalue weighted by Gasteiger charge is -2.29. The van der Waals surface area contributed by atoms with E-state index in [2.05, 4.69) is 27.7 Å². The molecule has 1 aromatic rings. The van der Waals surface area contributed by atoms with E-state index in [4.69, 9.17) is 33.2 Å². The molecule has 0 saturated carbocycles. The number of hydrogen-bond donors (Lipinski definition) is 0. The van der Waals surface area contributed by atoms with E-state index in [0.29, 0.717) is 6.42 Å². The van der Waals surface area contributed by atoms with Gasteiger partial charge in [-0.2, -0.15) is 0 Å². The van der Waals surface area contributed by atoms with Crippen LogP contribution < -0.4 is 14.2 Å².